The maximum atomic E-state index is 13.9. The lowest BCUT2D eigenvalue weighted by atomic mass is 9.86. The predicted octanol–water partition coefficient (Wildman–Crippen LogP) is 6.33. The second-order valence-corrected chi connectivity index (χ2v) is 10.7. The maximum absolute atomic E-state index is 13.9. The van der Waals surface area contributed by atoms with Crippen LogP contribution in [0.1, 0.15) is 62.6 Å². The molecule has 178 valence electrons. The number of pyridine rings is 2. The van der Waals surface area contributed by atoms with E-state index in [0.717, 1.165) is 48.0 Å². The average Bonchev–Trinajstić information content (AvgIpc) is 3.49. The van der Waals surface area contributed by atoms with Crippen molar-refractivity contribution in [2.24, 2.45) is 29.6 Å². The van der Waals surface area contributed by atoms with Gasteiger partial charge in [-0.1, -0.05) is 12.8 Å². The number of hydrogen-bond donors (Lipinski definition) is 1. The van der Waals surface area contributed by atoms with Gasteiger partial charge in [0, 0.05) is 23.4 Å². The van der Waals surface area contributed by atoms with Crippen LogP contribution >= 0.6 is 0 Å². The molecule has 5 heteroatoms. The summed E-state index contributed by atoms with van der Waals surface area (Å²) in [6.07, 6.45) is 10.3. The Morgan fingerprint density at radius 3 is 2.57 bits per heavy atom. The first-order valence-electron chi connectivity index (χ1n) is 12.9. The third kappa shape index (κ3) is 4.67. The maximum Gasteiger partial charge on any atom is 0.227 e. The minimum atomic E-state index is -0.208. The number of carbonyl (C=O) groups excluding carboxylic acids is 1. The van der Waals surface area contributed by atoms with Gasteiger partial charge < -0.3 is 5.32 Å². The smallest absolute Gasteiger partial charge is 0.227 e. The lowest BCUT2D eigenvalue weighted by Crippen LogP contribution is -2.26. The molecule has 0 saturated heterocycles. The Balaban J connectivity index is 1.07. The van der Waals surface area contributed by atoms with Crippen LogP contribution in [-0.2, 0) is 4.79 Å². The molecule has 5 atom stereocenters. The first kappa shape index (κ1) is 22.2. The van der Waals surface area contributed by atoms with E-state index < -0.39 is 0 Å². The standard InChI is InChI=1S/C30H30FN3O/c1-18(30(35)34-26-8-7-25(33-17-26)6-4-19-2-3-19)20-12-21-14-23(15-22(21)13-20)27-10-11-32-29-9-5-24(31)16-28(27)29/h5,7-11,16-23H,2-3,12-15H2,1H3,(H,34,35)/t18?,20?,21-,22+,23?. The van der Waals surface area contributed by atoms with Gasteiger partial charge in [0.2, 0.25) is 5.91 Å². The fourth-order valence-electron chi connectivity index (χ4n) is 6.24. The van der Waals surface area contributed by atoms with E-state index in [-0.39, 0.29) is 17.6 Å². The summed E-state index contributed by atoms with van der Waals surface area (Å²) in [4.78, 5) is 21.8. The van der Waals surface area contributed by atoms with E-state index in [9.17, 15) is 9.18 Å². The molecule has 3 aliphatic carbocycles. The Bertz CT molecular complexity index is 1310. The number of fused-ring (bicyclic) bond motifs is 2. The second-order valence-electron chi connectivity index (χ2n) is 10.7. The fourth-order valence-corrected chi connectivity index (χ4v) is 6.24. The molecular weight excluding hydrogens is 437 g/mol. The van der Waals surface area contributed by atoms with Gasteiger partial charge in [-0.3, -0.25) is 9.78 Å². The topological polar surface area (TPSA) is 54.9 Å². The van der Waals surface area contributed by atoms with Crippen molar-refractivity contribution in [2.75, 3.05) is 5.32 Å². The number of anilines is 1. The molecule has 3 fully saturated rings. The number of nitrogens with one attached hydrogen (secondary N) is 1. The molecule has 2 heterocycles. The molecule has 3 unspecified atom stereocenters. The minimum absolute atomic E-state index is 0.0377. The molecule has 3 aromatic rings. The van der Waals surface area contributed by atoms with Crippen LogP contribution in [0.25, 0.3) is 10.9 Å². The lowest BCUT2D eigenvalue weighted by Gasteiger charge is -2.21. The Morgan fingerprint density at radius 2 is 1.86 bits per heavy atom. The molecule has 1 amide bonds. The summed E-state index contributed by atoms with van der Waals surface area (Å²) in [5, 5.41) is 4.00. The van der Waals surface area contributed by atoms with Crippen molar-refractivity contribution in [1.82, 2.24) is 9.97 Å². The highest BCUT2D eigenvalue weighted by atomic mass is 19.1. The van der Waals surface area contributed by atoms with E-state index in [1.807, 2.05) is 18.3 Å². The van der Waals surface area contributed by atoms with Gasteiger partial charge >= 0.3 is 0 Å². The Kier molecular flexibility index (Phi) is 5.76. The molecule has 4 nitrogen and oxygen atoms in total. The van der Waals surface area contributed by atoms with E-state index in [2.05, 4.69) is 40.1 Å². The number of halogens is 1. The number of aromatic nitrogens is 2. The molecule has 35 heavy (non-hydrogen) atoms. The summed E-state index contributed by atoms with van der Waals surface area (Å²) in [5.74, 6) is 8.79. The van der Waals surface area contributed by atoms with Crippen LogP contribution in [0.3, 0.4) is 0 Å². The number of benzene rings is 1. The summed E-state index contributed by atoms with van der Waals surface area (Å²) < 4.78 is 13.9. The molecule has 1 N–H and O–H groups in total. The number of hydrogen-bond acceptors (Lipinski definition) is 3. The Labute approximate surface area is 205 Å². The summed E-state index contributed by atoms with van der Waals surface area (Å²) in [7, 11) is 0. The summed E-state index contributed by atoms with van der Waals surface area (Å²) in [6, 6.07) is 10.7. The zero-order valence-corrected chi connectivity index (χ0v) is 20.0. The molecule has 0 bridgehead atoms. The van der Waals surface area contributed by atoms with Crippen LogP contribution in [0.5, 0.6) is 0 Å². The molecule has 3 aliphatic rings. The summed E-state index contributed by atoms with van der Waals surface area (Å²) in [6.45, 7) is 2.06. The van der Waals surface area contributed by atoms with Gasteiger partial charge in [0.05, 0.1) is 17.4 Å². The molecule has 6 rings (SSSR count). The van der Waals surface area contributed by atoms with Crippen LogP contribution in [0.4, 0.5) is 10.1 Å². The molecule has 1 aromatic carbocycles. The van der Waals surface area contributed by atoms with Crippen LogP contribution in [0.2, 0.25) is 0 Å². The third-order valence-electron chi connectivity index (χ3n) is 8.36. The van der Waals surface area contributed by atoms with E-state index in [0.29, 0.717) is 29.6 Å². The normalized spacial score (nSPS) is 26.1. The monoisotopic (exact) mass is 467 g/mol. The van der Waals surface area contributed by atoms with Crippen molar-refractivity contribution >= 4 is 22.5 Å². The van der Waals surface area contributed by atoms with Crippen LogP contribution < -0.4 is 5.32 Å². The predicted molar refractivity (Wildman–Crippen MR) is 135 cm³/mol. The van der Waals surface area contributed by atoms with Crippen molar-refractivity contribution in [3.05, 3.63) is 65.9 Å². The van der Waals surface area contributed by atoms with Gasteiger partial charge in [-0.15, -0.1) is 0 Å². The van der Waals surface area contributed by atoms with Gasteiger partial charge in [-0.25, -0.2) is 9.37 Å². The van der Waals surface area contributed by atoms with E-state index in [4.69, 9.17) is 0 Å². The van der Waals surface area contributed by atoms with Crippen LogP contribution in [-0.4, -0.2) is 15.9 Å². The molecule has 0 spiro atoms. The van der Waals surface area contributed by atoms with E-state index in [1.54, 1.807) is 18.3 Å². The number of amides is 1. The summed E-state index contributed by atoms with van der Waals surface area (Å²) >= 11 is 0. The second kappa shape index (κ2) is 9.07. The quantitative estimate of drug-likeness (QED) is 0.457. The van der Waals surface area contributed by atoms with Gasteiger partial charge in [0.15, 0.2) is 0 Å². The molecular formula is C30H30FN3O. The van der Waals surface area contributed by atoms with Crippen molar-refractivity contribution in [2.45, 2.75) is 51.4 Å². The first-order valence-corrected chi connectivity index (χ1v) is 12.9. The van der Waals surface area contributed by atoms with Crippen molar-refractivity contribution in [1.29, 1.82) is 0 Å². The number of rotatable bonds is 4. The van der Waals surface area contributed by atoms with Crippen molar-refractivity contribution in [3.8, 4) is 11.8 Å². The van der Waals surface area contributed by atoms with Crippen LogP contribution in [0, 0.1) is 47.2 Å². The number of nitrogens with zero attached hydrogens (tertiary/aromatic N) is 2. The third-order valence-corrected chi connectivity index (χ3v) is 8.36. The molecule has 3 saturated carbocycles. The van der Waals surface area contributed by atoms with Gasteiger partial charge in [0.1, 0.15) is 11.5 Å². The minimum Gasteiger partial charge on any atom is -0.324 e. The first-order chi connectivity index (χ1) is 17.0. The SMILES string of the molecule is CC(C(=O)Nc1ccc(C#CC2CC2)nc1)C1C[C@H]2CC(c3ccnc4ccc(F)cc34)C[C@H]2C1. The zero-order valence-electron chi connectivity index (χ0n) is 20.0. The molecule has 2 aromatic heterocycles. The van der Waals surface area contributed by atoms with Crippen molar-refractivity contribution in [3.63, 3.8) is 0 Å². The zero-order chi connectivity index (χ0) is 23.9. The van der Waals surface area contributed by atoms with E-state index >= 15 is 0 Å². The lowest BCUT2D eigenvalue weighted by molar-refractivity contribution is -0.120. The Hall–Kier alpha value is -3.26. The molecule has 0 radical (unpaired) electrons. The van der Waals surface area contributed by atoms with E-state index in [1.165, 1.54) is 24.5 Å². The highest BCUT2D eigenvalue weighted by Crippen LogP contribution is 2.54. The Morgan fingerprint density at radius 1 is 1.06 bits per heavy atom. The largest absolute Gasteiger partial charge is 0.324 e. The number of carbonyl (C=O) groups is 1. The van der Waals surface area contributed by atoms with Gasteiger partial charge in [-0.05, 0) is 110 Å². The van der Waals surface area contributed by atoms with Gasteiger partial charge in [0.25, 0.3) is 0 Å². The average molecular weight is 468 g/mol. The van der Waals surface area contributed by atoms with Crippen molar-refractivity contribution < 1.29 is 9.18 Å². The summed E-state index contributed by atoms with van der Waals surface area (Å²) in [5.41, 5.74) is 3.57. The highest BCUT2D eigenvalue weighted by molar-refractivity contribution is 5.92. The van der Waals surface area contributed by atoms with Gasteiger partial charge in [-0.2, -0.15) is 0 Å². The highest BCUT2D eigenvalue weighted by Gasteiger charge is 2.44. The fraction of sp³-hybridized carbons (Fsp3) is 0.433. The van der Waals surface area contributed by atoms with Crippen LogP contribution in [0.15, 0.2) is 48.8 Å². The molecule has 0 aliphatic heterocycles.